The van der Waals surface area contributed by atoms with E-state index in [9.17, 15) is 13.6 Å². The van der Waals surface area contributed by atoms with Gasteiger partial charge in [-0.3, -0.25) is 0 Å². The largest absolute Gasteiger partial charge is 0.461 e. The number of rotatable bonds is 3. The lowest BCUT2D eigenvalue weighted by Crippen LogP contribution is -2.12. The van der Waals surface area contributed by atoms with E-state index in [0.29, 0.717) is 5.56 Å². The lowest BCUT2D eigenvalue weighted by molar-refractivity contribution is 0.0517. The molecule has 0 atom stereocenters. The number of pyridine rings is 1. The van der Waals surface area contributed by atoms with Gasteiger partial charge in [-0.05, 0) is 25.5 Å². The number of aromatic nitrogens is 1. The van der Waals surface area contributed by atoms with E-state index in [1.165, 1.54) is 13.0 Å². The molecule has 0 radical (unpaired) electrons. The van der Waals surface area contributed by atoms with Gasteiger partial charge in [0, 0.05) is 0 Å². The smallest absolute Gasteiger partial charge is 0.357 e. The van der Waals surface area contributed by atoms with Crippen molar-refractivity contribution >= 4 is 5.97 Å². The standard InChI is InChI=1S/C11H10F2N2O2/c1-3-17-11(16)8-6(2)4-7(5-14)9(15-8)10(12)13/h4,10H,3H2,1-2H3. The summed E-state index contributed by atoms with van der Waals surface area (Å²) in [6, 6.07) is 2.83. The number of carbonyl (C=O) groups is 1. The van der Waals surface area contributed by atoms with E-state index in [2.05, 4.69) is 9.72 Å². The summed E-state index contributed by atoms with van der Waals surface area (Å²) < 4.78 is 29.9. The van der Waals surface area contributed by atoms with Gasteiger partial charge in [0.15, 0.2) is 5.69 Å². The van der Waals surface area contributed by atoms with Crippen LogP contribution in [-0.2, 0) is 4.74 Å². The third kappa shape index (κ3) is 2.75. The van der Waals surface area contributed by atoms with Crippen LogP contribution in [0.15, 0.2) is 6.07 Å². The Labute approximate surface area is 96.8 Å². The minimum Gasteiger partial charge on any atom is -0.461 e. The maximum absolute atomic E-state index is 12.6. The van der Waals surface area contributed by atoms with E-state index in [4.69, 9.17) is 5.26 Å². The highest BCUT2D eigenvalue weighted by atomic mass is 19.3. The van der Waals surface area contributed by atoms with E-state index in [1.54, 1.807) is 13.0 Å². The Bertz CT molecular complexity index is 481. The molecule has 1 rings (SSSR count). The van der Waals surface area contributed by atoms with E-state index in [1.807, 2.05) is 0 Å². The summed E-state index contributed by atoms with van der Waals surface area (Å²) in [6.45, 7) is 3.24. The Balaban J connectivity index is 3.30. The number of hydrogen-bond acceptors (Lipinski definition) is 4. The molecule has 0 saturated carbocycles. The molecule has 0 spiro atoms. The van der Waals surface area contributed by atoms with Gasteiger partial charge in [0.1, 0.15) is 11.8 Å². The highest BCUT2D eigenvalue weighted by molar-refractivity contribution is 5.89. The molecule has 0 fully saturated rings. The van der Waals surface area contributed by atoms with Gasteiger partial charge in [-0.1, -0.05) is 0 Å². The zero-order valence-corrected chi connectivity index (χ0v) is 9.33. The van der Waals surface area contributed by atoms with Crippen molar-refractivity contribution in [3.63, 3.8) is 0 Å². The molecule has 0 bridgehead atoms. The number of carbonyl (C=O) groups excluding carboxylic acids is 1. The van der Waals surface area contributed by atoms with Gasteiger partial charge >= 0.3 is 5.97 Å². The predicted octanol–water partition coefficient (Wildman–Crippen LogP) is 2.38. The second-order valence-electron chi connectivity index (χ2n) is 3.22. The first-order chi connectivity index (χ1) is 8.01. The van der Waals surface area contributed by atoms with Crippen molar-refractivity contribution in [2.24, 2.45) is 0 Å². The van der Waals surface area contributed by atoms with Gasteiger partial charge in [-0.25, -0.2) is 18.6 Å². The second kappa shape index (κ2) is 5.34. The van der Waals surface area contributed by atoms with Gasteiger partial charge in [-0.15, -0.1) is 0 Å². The summed E-state index contributed by atoms with van der Waals surface area (Å²) in [4.78, 5) is 14.9. The molecule has 1 aromatic rings. The van der Waals surface area contributed by atoms with E-state index >= 15 is 0 Å². The van der Waals surface area contributed by atoms with Crippen molar-refractivity contribution in [3.8, 4) is 6.07 Å². The Morgan fingerprint density at radius 3 is 2.76 bits per heavy atom. The monoisotopic (exact) mass is 240 g/mol. The summed E-state index contributed by atoms with van der Waals surface area (Å²) in [6.07, 6.45) is -2.90. The summed E-state index contributed by atoms with van der Waals surface area (Å²) in [7, 11) is 0. The number of halogens is 2. The molecule has 0 aliphatic heterocycles. The molecule has 1 aromatic heterocycles. The highest BCUT2D eigenvalue weighted by Gasteiger charge is 2.21. The minimum atomic E-state index is -2.90. The van der Waals surface area contributed by atoms with Crippen molar-refractivity contribution in [1.29, 1.82) is 5.26 Å². The third-order valence-electron chi connectivity index (χ3n) is 2.04. The van der Waals surface area contributed by atoms with Crippen LogP contribution in [0.2, 0.25) is 0 Å². The first-order valence-corrected chi connectivity index (χ1v) is 4.88. The molecule has 0 saturated heterocycles. The molecule has 0 N–H and O–H groups in total. The normalized spacial score (nSPS) is 10.1. The van der Waals surface area contributed by atoms with Crippen LogP contribution in [0.1, 0.15) is 40.7 Å². The first-order valence-electron chi connectivity index (χ1n) is 4.88. The molecule has 17 heavy (non-hydrogen) atoms. The molecular weight excluding hydrogens is 230 g/mol. The van der Waals surface area contributed by atoms with Crippen molar-refractivity contribution in [1.82, 2.24) is 4.98 Å². The number of esters is 1. The van der Waals surface area contributed by atoms with E-state index < -0.39 is 18.1 Å². The molecule has 0 aromatic carbocycles. The van der Waals surface area contributed by atoms with Crippen LogP contribution in [0.5, 0.6) is 0 Å². The van der Waals surface area contributed by atoms with Crippen molar-refractivity contribution in [2.75, 3.05) is 6.61 Å². The molecule has 90 valence electrons. The molecule has 4 nitrogen and oxygen atoms in total. The lowest BCUT2D eigenvalue weighted by Gasteiger charge is -2.08. The Morgan fingerprint density at radius 2 is 2.29 bits per heavy atom. The van der Waals surface area contributed by atoms with Gasteiger partial charge in [0.05, 0.1) is 12.2 Å². The van der Waals surface area contributed by atoms with Crippen LogP contribution >= 0.6 is 0 Å². The van der Waals surface area contributed by atoms with Crippen LogP contribution < -0.4 is 0 Å². The Hall–Kier alpha value is -2.03. The zero-order chi connectivity index (χ0) is 13.0. The van der Waals surface area contributed by atoms with Gasteiger partial charge in [0.2, 0.25) is 0 Å². The third-order valence-corrected chi connectivity index (χ3v) is 2.04. The van der Waals surface area contributed by atoms with Crippen LogP contribution in [0.3, 0.4) is 0 Å². The molecule has 0 amide bonds. The molecule has 1 heterocycles. The fourth-order valence-corrected chi connectivity index (χ4v) is 1.29. The SMILES string of the molecule is CCOC(=O)c1nc(C(F)F)c(C#N)cc1C. The van der Waals surface area contributed by atoms with E-state index in [0.717, 1.165) is 0 Å². The van der Waals surface area contributed by atoms with E-state index in [-0.39, 0.29) is 17.9 Å². The maximum Gasteiger partial charge on any atom is 0.357 e. The fourth-order valence-electron chi connectivity index (χ4n) is 1.29. The number of aryl methyl sites for hydroxylation is 1. The highest BCUT2D eigenvalue weighted by Crippen LogP contribution is 2.23. The average Bonchev–Trinajstić information content (AvgIpc) is 2.28. The van der Waals surface area contributed by atoms with Gasteiger partial charge in [-0.2, -0.15) is 5.26 Å². The summed E-state index contributed by atoms with van der Waals surface area (Å²) in [5.41, 5.74) is -0.766. The minimum absolute atomic E-state index is 0.129. The fraction of sp³-hybridized carbons (Fsp3) is 0.364. The van der Waals surface area contributed by atoms with Crippen LogP contribution in [0.25, 0.3) is 0 Å². The van der Waals surface area contributed by atoms with Crippen LogP contribution in [0.4, 0.5) is 8.78 Å². The molecule has 0 aliphatic carbocycles. The van der Waals surface area contributed by atoms with Crippen molar-refractivity contribution < 1.29 is 18.3 Å². The number of nitriles is 1. The van der Waals surface area contributed by atoms with Crippen LogP contribution in [-0.4, -0.2) is 17.6 Å². The molecule has 0 unspecified atom stereocenters. The van der Waals surface area contributed by atoms with Gasteiger partial charge < -0.3 is 4.74 Å². The first kappa shape index (κ1) is 13.0. The average molecular weight is 240 g/mol. The summed E-state index contributed by atoms with van der Waals surface area (Å²) in [5, 5.41) is 8.69. The number of ether oxygens (including phenoxy) is 1. The Kier molecular flexibility index (Phi) is 4.10. The molecule has 0 aliphatic rings. The number of nitrogens with zero attached hydrogens (tertiary/aromatic N) is 2. The number of hydrogen-bond donors (Lipinski definition) is 0. The van der Waals surface area contributed by atoms with Crippen molar-refractivity contribution in [3.05, 3.63) is 28.6 Å². The lowest BCUT2D eigenvalue weighted by atomic mass is 10.1. The predicted molar refractivity (Wildman–Crippen MR) is 54.6 cm³/mol. The van der Waals surface area contributed by atoms with Crippen molar-refractivity contribution in [2.45, 2.75) is 20.3 Å². The van der Waals surface area contributed by atoms with Gasteiger partial charge in [0.25, 0.3) is 6.43 Å². The molecule has 6 heteroatoms. The maximum atomic E-state index is 12.6. The second-order valence-corrected chi connectivity index (χ2v) is 3.22. The van der Waals surface area contributed by atoms with Crippen LogP contribution in [0, 0.1) is 18.3 Å². The summed E-state index contributed by atoms with van der Waals surface area (Å²) >= 11 is 0. The Morgan fingerprint density at radius 1 is 1.65 bits per heavy atom. The molecular formula is C11H10F2N2O2. The number of alkyl halides is 2. The topological polar surface area (TPSA) is 63.0 Å². The quantitative estimate of drug-likeness (QED) is 0.761. The summed E-state index contributed by atoms with van der Waals surface area (Å²) in [5.74, 6) is -0.767. The zero-order valence-electron chi connectivity index (χ0n) is 9.33.